The van der Waals surface area contributed by atoms with Crippen molar-refractivity contribution in [2.75, 3.05) is 13.1 Å². The largest absolute Gasteiger partial charge is 0.331 e. The summed E-state index contributed by atoms with van der Waals surface area (Å²) in [6, 6.07) is 1.59. The van der Waals surface area contributed by atoms with E-state index in [0.29, 0.717) is 23.7 Å². The summed E-state index contributed by atoms with van der Waals surface area (Å²) in [7, 11) is 0. The Bertz CT molecular complexity index is 394. The van der Waals surface area contributed by atoms with Gasteiger partial charge in [0.25, 0.3) is 5.91 Å². The van der Waals surface area contributed by atoms with Gasteiger partial charge in [0.05, 0.1) is 10.6 Å². The molecular weight excluding hydrogens is 224 g/mol. The summed E-state index contributed by atoms with van der Waals surface area (Å²) in [5.41, 5.74) is 0.396. The summed E-state index contributed by atoms with van der Waals surface area (Å²) in [5, 5.41) is 0.401. The molecule has 0 aliphatic heterocycles. The van der Waals surface area contributed by atoms with E-state index in [9.17, 15) is 4.79 Å². The zero-order chi connectivity index (χ0) is 12.0. The van der Waals surface area contributed by atoms with Gasteiger partial charge in [-0.25, -0.2) is 0 Å². The van der Waals surface area contributed by atoms with Gasteiger partial charge in [-0.3, -0.25) is 9.78 Å². The van der Waals surface area contributed by atoms with Gasteiger partial charge in [0.1, 0.15) is 0 Å². The fraction of sp³-hybridized carbons (Fsp3) is 0.167. The fourth-order valence-electron chi connectivity index (χ4n) is 1.26. The highest BCUT2D eigenvalue weighted by atomic mass is 35.5. The number of hydrogen-bond donors (Lipinski definition) is 0. The maximum Gasteiger partial charge on any atom is 0.257 e. The molecule has 4 heteroatoms. The predicted octanol–water partition coefficient (Wildman–Crippen LogP) is 2.55. The Morgan fingerprint density at radius 1 is 1.44 bits per heavy atom. The molecule has 0 atom stereocenters. The van der Waals surface area contributed by atoms with E-state index in [1.165, 1.54) is 6.20 Å². The van der Waals surface area contributed by atoms with E-state index in [2.05, 4.69) is 18.1 Å². The second-order valence-electron chi connectivity index (χ2n) is 3.14. The SMILES string of the molecule is C=CCN(CC=C)C(=O)c1cnccc1Cl. The summed E-state index contributed by atoms with van der Waals surface area (Å²) >= 11 is 5.92. The Balaban J connectivity index is 2.94. The van der Waals surface area contributed by atoms with E-state index >= 15 is 0 Å². The predicted molar refractivity (Wildman–Crippen MR) is 65.5 cm³/mol. The van der Waals surface area contributed by atoms with E-state index in [-0.39, 0.29) is 5.91 Å². The molecule has 0 unspecified atom stereocenters. The summed E-state index contributed by atoms with van der Waals surface area (Å²) in [6.45, 7) is 8.12. The van der Waals surface area contributed by atoms with Gasteiger partial charge in [0.2, 0.25) is 0 Å². The third kappa shape index (κ3) is 2.94. The molecule has 0 fully saturated rings. The normalized spacial score (nSPS) is 9.56. The van der Waals surface area contributed by atoms with E-state index in [1.54, 1.807) is 29.3 Å². The Hall–Kier alpha value is -1.61. The maximum atomic E-state index is 12.1. The lowest BCUT2D eigenvalue weighted by Gasteiger charge is -2.19. The van der Waals surface area contributed by atoms with Gasteiger partial charge in [0.15, 0.2) is 0 Å². The average Bonchev–Trinajstić information content (AvgIpc) is 2.28. The van der Waals surface area contributed by atoms with E-state index < -0.39 is 0 Å². The monoisotopic (exact) mass is 236 g/mol. The van der Waals surface area contributed by atoms with Crippen molar-refractivity contribution in [1.82, 2.24) is 9.88 Å². The average molecular weight is 237 g/mol. The van der Waals surface area contributed by atoms with Crippen LogP contribution in [0.5, 0.6) is 0 Å². The van der Waals surface area contributed by atoms with Crippen molar-refractivity contribution < 1.29 is 4.79 Å². The molecule has 0 spiro atoms. The topological polar surface area (TPSA) is 33.2 Å². The smallest absolute Gasteiger partial charge is 0.257 e. The summed E-state index contributed by atoms with van der Waals surface area (Å²) in [5.74, 6) is -0.169. The van der Waals surface area contributed by atoms with Crippen molar-refractivity contribution in [3.63, 3.8) is 0 Å². The van der Waals surface area contributed by atoms with Gasteiger partial charge >= 0.3 is 0 Å². The van der Waals surface area contributed by atoms with Crippen LogP contribution >= 0.6 is 11.6 Å². The second kappa shape index (κ2) is 6.08. The second-order valence-corrected chi connectivity index (χ2v) is 3.55. The highest BCUT2D eigenvalue weighted by Gasteiger charge is 2.16. The first kappa shape index (κ1) is 12.5. The number of amides is 1. The molecule has 0 radical (unpaired) electrons. The van der Waals surface area contributed by atoms with Crippen molar-refractivity contribution in [2.45, 2.75) is 0 Å². The van der Waals surface area contributed by atoms with Gasteiger partial charge in [-0.15, -0.1) is 13.2 Å². The van der Waals surface area contributed by atoms with Crippen LogP contribution < -0.4 is 0 Å². The molecule has 16 heavy (non-hydrogen) atoms. The molecule has 0 saturated heterocycles. The lowest BCUT2D eigenvalue weighted by molar-refractivity contribution is 0.0790. The zero-order valence-electron chi connectivity index (χ0n) is 8.90. The lowest BCUT2D eigenvalue weighted by atomic mass is 10.2. The number of carbonyl (C=O) groups is 1. The van der Waals surface area contributed by atoms with Crippen molar-refractivity contribution in [3.05, 3.63) is 54.4 Å². The third-order valence-corrected chi connectivity index (χ3v) is 2.31. The van der Waals surface area contributed by atoms with Crippen LogP contribution in [0.3, 0.4) is 0 Å². The van der Waals surface area contributed by atoms with Crippen LogP contribution in [0.1, 0.15) is 10.4 Å². The number of hydrogen-bond acceptors (Lipinski definition) is 2. The first-order valence-corrected chi connectivity index (χ1v) is 5.19. The number of aromatic nitrogens is 1. The number of halogens is 1. The fourth-order valence-corrected chi connectivity index (χ4v) is 1.44. The number of rotatable bonds is 5. The molecule has 0 aliphatic rings. The summed E-state index contributed by atoms with van der Waals surface area (Å²) < 4.78 is 0. The number of nitrogens with zero attached hydrogens (tertiary/aromatic N) is 2. The quantitative estimate of drug-likeness (QED) is 0.737. The molecule has 0 saturated carbocycles. The summed E-state index contributed by atoms with van der Waals surface area (Å²) in [6.07, 6.45) is 6.33. The van der Waals surface area contributed by atoms with Crippen LogP contribution in [0.15, 0.2) is 43.8 Å². The van der Waals surface area contributed by atoms with Crippen molar-refractivity contribution in [2.24, 2.45) is 0 Å². The molecule has 0 N–H and O–H groups in total. The first-order valence-electron chi connectivity index (χ1n) is 4.81. The van der Waals surface area contributed by atoms with Crippen LogP contribution in [0.4, 0.5) is 0 Å². The molecule has 1 heterocycles. The Kier molecular flexibility index (Phi) is 4.73. The van der Waals surface area contributed by atoms with Crippen molar-refractivity contribution in [3.8, 4) is 0 Å². The van der Waals surface area contributed by atoms with Crippen LogP contribution in [-0.2, 0) is 0 Å². The molecule has 0 aliphatic carbocycles. The number of pyridine rings is 1. The molecule has 1 amide bonds. The highest BCUT2D eigenvalue weighted by molar-refractivity contribution is 6.33. The molecule has 0 bridgehead atoms. The third-order valence-electron chi connectivity index (χ3n) is 1.98. The molecule has 3 nitrogen and oxygen atoms in total. The molecule has 1 rings (SSSR count). The van der Waals surface area contributed by atoms with Crippen LogP contribution in [0.2, 0.25) is 5.02 Å². The number of carbonyl (C=O) groups excluding carboxylic acids is 1. The molecule has 1 aromatic rings. The molecular formula is C12H13ClN2O. The minimum Gasteiger partial charge on any atom is -0.331 e. The van der Waals surface area contributed by atoms with Crippen LogP contribution in [0.25, 0.3) is 0 Å². The van der Waals surface area contributed by atoms with Crippen LogP contribution in [-0.4, -0.2) is 28.9 Å². The zero-order valence-corrected chi connectivity index (χ0v) is 9.65. The van der Waals surface area contributed by atoms with Gasteiger partial charge < -0.3 is 4.90 Å². The van der Waals surface area contributed by atoms with Gasteiger partial charge in [0, 0.05) is 25.5 Å². The van der Waals surface area contributed by atoms with Crippen LogP contribution in [0, 0.1) is 0 Å². The van der Waals surface area contributed by atoms with Crippen molar-refractivity contribution in [1.29, 1.82) is 0 Å². The maximum absolute atomic E-state index is 12.1. The van der Waals surface area contributed by atoms with E-state index in [4.69, 9.17) is 11.6 Å². The lowest BCUT2D eigenvalue weighted by Crippen LogP contribution is -2.31. The highest BCUT2D eigenvalue weighted by Crippen LogP contribution is 2.15. The Morgan fingerprint density at radius 3 is 2.56 bits per heavy atom. The van der Waals surface area contributed by atoms with Gasteiger partial charge in [-0.2, -0.15) is 0 Å². The standard InChI is InChI=1S/C12H13ClN2O/c1-3-7-15(8-4-2)12(16)10-9-14-6-5-11(10)13/h3-6,9H,1-2,7-8H2. The van der Waals surface area contributed by atoms with Crippen molar-refractivity contribution >= 4 is 17.5 Å². The first-order chi connectivity index (χ1) is 7.70. The molecule has 0 aromatic carbocycles. The van der Waals surface area contributed by atoms with Gasteiger partial charge in [-0.1, -0.05) is 23.8 Å². The van der Waals surface area contributed by atoms with Gasteiger partial charge in [-0.05, 0) is 6.07 Å². The summed E-state index contributed by atoms with van der Waals surface area (Å²) in [4.78, 5) is 17.5. The molecule has 1 aromatic heterocycles. The Labute approximate surface area is 100 Å². The molecule has 84 valence electrons. The minimum absolute atomic E-state index is 0.169. The Morgan fingerprint density at radius 2 is 2.06 bits per heavy atom. The van der Waals surface area contributed by atoms with E-state index in [0.717, 1.165) is 0 Å². The minimum atomic E-state index is -0.169. The van der Waals surface area contributed by atoms with E-state index in [1.807, 2.05) is 0 Å².